The average Bonchev–Trinajstić information content (AvgIpc) is 4.28. The van der Waals surface area contributed by atoms with Crippen LogP contribution in [0.4, 0.5) is 0 Å². The minimum Gasteiger partial charge on any atom is -0.497 e. The van der Waals surface area contributed by atoms with Crippen molar-refractivity contribution in [3.8, 4) is 11.5 Å². The molecule has 4 atom stereocenters. The Hall–Kier alpha value is -7.98. The lowest BCUT2D eigenvalue weighted by Gasteiger charge is -2.38. The Morgan fingerprint density at radius 3 is 1.44 bits per heavy atom. The van der Waals surface area contributed by atoms with Crippen molar-refractivity contribution in [1.29, 1.82) is 0 Å². The Morgan fingerprint density at radius 2 is 1.00 bits per heavy atom. The maximum Gasteiger partial charge on any atom is 0.259 e. The van der Waals surface area contributed by atoms with Gasteiger partial charge in [0.05, 0.1) is 82.8 Å². The maximum absolute atomic E-state index is 13.4. The molecule has 2 aliphatic carbocycles. The number of benzene rings is 6. The average molecular weight is 989 g/mol. The number of imide groups is 2. The van der Waals surface area contributed by atoms with Crippen molar-refractivity contribution in [2.45, 2.75) is 76.0 Å². The van der Waals surface area contributed by atoms with Crippen molar-refractivity contribution in [3.05, 3.63) is 131 Å². The Morgan fingerprint density at radius 1 is 0.562 bits per heavy atom. The van der Waals surface area contributed by atoms with Gasteiger partial charge in [0.1, 0.15) is 11.5 Å². The maximum atomic E-state index is 13.4. The summed E-state index contributed by atoms with van der Waals surface area (Å²) in [6.07, 6.45) is 9.09. The predicted octanol–water partition coefficient (Wildman–Crippen LogP) is 11.4. The first-order valence-corrected chi connectivity index (χ1v) is 27.6. The van der Waals surface area contributed by atoms with Gasteiger partial charge in [0.2, 0.25) is 0 Å². The SMILES string of the molecule is COc1ccc2[nH]c3c(c4c(c5c6ccccc6n([C@H]6C=C[C@@H](O)C6)c35)C(=O)NC4=O)c2c1.COc1ccc2[nH]c3c(c4c(c5c6ccccc6n([C@H]6C=C[C@@H](O[Si](C)(C)C(C)(C)C)C6)c35)C(=O)NC4=O)c2c1. The number of amides is 4. The van der Waals surface area contributed by atoms with E-state index in [1.165, 1.54) is 0 Å². The molecule has 73 heavy (non-hydrogen) atoms. The van der Waals surface area contributed by atoms with E-state index < -0.39 is 20.3 Å². The zero-order chi connectivity index (χ0) is 50.6. The van der Waals surface area contributed by atoms with E-state index in [9.17, 15) is 24.3 Å². The molecule has 0 saturated heterocycles. The van der Waals surface area contributed by atoms with Gasteiger partial charge in [-0.15, -0.1) is 0 Å². The second-order valence-corrected chi connectivity index (χ2v) is 26.0. The van der Waals surface area contributed by atoms with Crippen LogP contribution in [0, 0.1) is 0 Å². The van der Waals surface area contributed by atoms with Crippen molar-refractivity contribution in [2.75, 3.05) is 14.2 Å². The van der Waals surface area contributed by atoms with Crippen molar-refractivity contribution in [1.82, 2.24) is 29.7 Å². The molecule has 14 nitrogen and oxygen atoms in total. The number of H-pyrrole nitrogens is 2. The summed E-state index contributed by atoms with van der Waals surface area (Å²) < 4.78 is 22.3. The number of hydrogen-bond donors (Lipinski definition) is 5. The van der Waals surface area contributed by atoms with Gasteiger partial charge in [-0.3, -0.25) is 29.8 Å². The largest absolute Gasteiger partial charge is 0.497 e. The monoisotopic (exact) mass is 988 g/mol. The summed E-state index contributed by atoms with van der Waals surface area (Å²) in [4.78, 5) is 60.0. The van der Waals surface area contributed by atoms with E-state index in [1.54, 1.807) is 14.2 Å². The predicted molar refractivity (Wildman–Crippen MR) is 288 cm³/mol. The second kappa shape index (κ2) is 15.8. The molecule has 2 aliphatic heterocycles. The summed E-state index contributed by atoms with van der Waals surface area (Å²) in [6, 6.07) is 27.5. The van der Waals surface area contributed by atoms with E-state index in [2.05, 4.69) is 81.8 Å². The normalized spacial score (nSPS) is 19.7. The first-order valence-electron chi connectivity index (χ1n) is 24.7. The molecule has 0 radical (unpaired) electrons. The summed E-state index contributed by atoms with van der Waals surface area (Å²) in [5.74, 6) is -0.131. The molecule has 0 unspecified atom stereocenters. The summed E-state index contributed by atoms with van der Waals surface area (Å²) >= 11 is 0. The molecule has 4 amide bonds. The molecular weight excluding hydrogens is 937 g/mol. The number of nitrogens with one attached hydrogen (secondary N) is 4. The zero-order valence-corrected chi connectivity index (χ0v) is 42.3. The number of fused-ring (bicyclic) bond motifs is 20. The van der Waals surface area contributed by atoms with Crippen LogP contribution in [-0.4, -0.2) is 82.6 Å². The summed E-state index contributed by atoms with van der Waals surface area (Å²) in [7, 11) is 1.26. The number of para-hydroxylation sites is 2. The van der Waals surface area contributed by atoms with E-state index in [4.69, 9.17) is 13.9 Å². The van der Waals surface area contributed by atoms with Crippen LogP contribution in [0.1, 0.15) is 87.1 Å². The van der Waals surface area contributed by atoms with Gasteiger partial charge in [0.15, 0.2) is 8.32 Å². The molecule has 0 bridgehead atoms. The first-order chi connectivity index (χ1) is 35.1. The summed E-state index contributed by atoms with van der Waals surface area (Å²) in [5, 5.41) is 22.0. The number of rotatable bonds is 6. The fourth-order valence-electron chi connectivity index (χ4n) is 11.9. The molecule has 6 heterocycles. The highest BCUT2D eigenvalue weighted by Gasteiger charge is 2.42. The number of allylic oxidation sites excluding steroid dienone is 2. The molecule has 6 aromatic carbocycles. The minimum absolute atomic E-state index is 0.0175. The number of nitrogens with zero attached hydrogens (tertiary/aromatic N) is 2. The van der Waals surface area contributed by atoms with Crippen LogP contribution in [0.2, 0.25) is 18.1 Å². The number of ether oxygens (including phenoxy) is 2. The quantitative estimate of drug-likeness (QED) is 0.0620. The molecule has 0 fully saturated rings. The lowest BCUT2D eigenvalue weighted by Crippen LogP contribution is -2.43. The fraction of sp³-hybridized carbons (Fsp3) is 0.241. The second-order valence-electron chi connectivity index (χ2n) is 21.2. The minimum atomic E-state index is -1.97. The number of hydrogen-bond acceptors (Lipinski definition) is 8. The van der Waals surface area contributed by atoms with Crippen LogP contribution in [0.25, 0.3) is 87.2 Å². The summed E-state index contributed by atoms with van der Waals surface area (Å²) in [6.45, 7) is 11.4. The van der Waals surface area contributed by atoms with Crippen molar-refractivity contribution in [3.63, 3.8) is 0 Å². The van der Waals surface area contributed by atoms with Gasteiger partial charge in [-0.2, -0.15) is 0 Å². The van der Waals surface area contributed by atoms with Gasteiger partial charge in [-0.1, -0.05) is 81.5 Å². The third kappa shape index (κ3) is 6.41. The van der Waals surface area contributed by atoms with Crippen LogP contribution in [-0.2, 0) is 4.43 Å². The molecular formula is C58H52N6O8Si. The van der Waals surface area contributed by atoms with E-state index >= 15 is 0 Å². The van der Waals surface area contributed by atoms with Gasteiger partial charge in [0, 0.05) is 78.0 Å². The highest BCUT2D eigenvalue weighted by Crippen LogP contribution is 2.49. The number of aliphatic hydroxyl groups is 1. The van der Waals surface area contributed by atoms with Gasteiger partial charge < -0.3 is 38.1 Å². The zero-order valence-electron chi connectivity index (χ0n) is 41.3. The fourth-order valence-corrected chi connectivity index (χ4v) is 13.2. The Bertz CT molecular complexity index is 4200. The van der Waals surface area contributed by atoms with Crippen LogP contribution in [0.15, 0.2) is 109 Å². The van der Waals surface area contributed by atoms with Crippen molar-refractivity contribution < 1.29 is 38.2 Å². The first kappa shape index (κ1) is 44.9. The molecule has 14 rings (SSSR count). The van der Waals surface area contributed by atoms with Crippen LogP contribution in [0.5, 0.6) is 11.5 Å². The molecule has 10 aromatic rings. The van der Waals surface area contributed by atoms with Crippen molar-refractivity contribution in [2.24, 2.45) is 0 Å². The number of carbonyl (C=O) groups is 4. The molecule has 4 aromatic heterocycles. The molecule has 366 valence electrons. The summed E-state index contributed by atoms with van der Waals surface area (Å²) in [5.41, 5.74) is 8.82. The van der Waals surface area contributed by atoms with Crippen molar-refractivity contribution >= 4 is 119 Å². The number of aromatic nitrogens is 4. The van der Waals surface area contributed by atoms with E-state index in [0.717, 1.165) is 88.3 Å². The smallest absolute Gasteiger partial charge is 0.259 e. The Balaban J connectivity index is 0.000000144. The van der Waals surface area contributed by atoms with Gasteiger partial charge in [0.25, 0.3) is 23.6 Å². The number of aromatic amines is 2. The van der Waals surface area contributed by atoms with Gasteiger partial charge in [-0.05, 0) is 66.7 Å². The Kier molecular flexibility index (Phi) is 9.70. The van der Waals surface area contributed by atoms with Crippen LogP contribution in [0.3, 0.4) is 0 Å². The lowest BCUT2D eigenvalue weighted by atomic mass is 9.96. The van der Waals surface area contributed by atoms with Gasteiger partial charge in [-0.25, -0.2) is 0 Å². The molecule has 4 aliphatic rings. The van der Waals surface area contributed by atoms with Crippen LogP contribution < -0.4 is 20.1 Å². The third-order valence-corrected chi connectivity index (χ3v) is 20.6. The van der Waals surface area contributed by atoms with Crippen LogP contribution >= 0.6 is 0 Å². The highest BCUT2D eigenvalue weighted by molar-refractivity contribution is 6.74. The molecule has 0 spiro atoms. The molecule has 15 heteroatoms. The highest BCUT2D eigenvalue weighted by atomic mass is 28.4. The van der Waals surface area contributed by atoms with E-state index in [0.29, 0.717) is 45.6 Å². The van der Waals surface area contributed by atoms with E-state index in [1.807, 2.05) is 91.0 Å². The number of methoxy groups -OCH3 is 2. The lowest BCUT2D eigenvalue weighted by molar-refractivity contribution is 0.0864. The number of aliphatic hydroxyl groups excluding tert-OH is 1. The van der Waals surface area contributed by atoms with Gasteiger partial charge >= 0.3 is 0 Å². The van der Waals surface area contributed by atoms with E-state index in [-0.39, 0.29) is 40.9 Å². The third-order valence-electron chi connectivity index (χ3n) is 16.1. The standard InChI is InChI=1S/C32H33N3O4Si.C26H19N3O4/c1-32(2,3)40(5,6)39-19-12-11-17(15-19)35-23-10-8-7-9-20(23)25-27-26(30(36)34-31(27)37)24-21-16-18(38-4)13-14-22(21)33-28(24)29(25)35;1-33-14-8-9-17-16(11-14)19-21-22(26(32)28-25(21)31)20-15-4-2-3-5-18(15)29(24(20)23(19)27-17)12-6-7-13(30)10-12/h7-14,16-17,19,33H,15H2,1-6H3,(H,34,36,37);2-9,11-13,27,30H,10H2,1H3,(H,28,31,32)/t17-,19+;12-,13+/m00/s1. The molecule has 0 saturated carbocycles. The molecule has 5 N–H and O–H groups in total. The number of carbonyl (C=O) groups excluding carboxylic acids is 4. The topological polar surface area (TPSA) is 182 Å². The Labute approximate surface area is 418 Å².